The maximum atomic E-state index is 12.1. The van der Waals surface area contributed by atoms with Crippen LogP contribution in [0.3, 0.4) is 0 Å². The van der Waals surface area contributed by atoms with Gasteiger partial charge < -0.3 is 15.4 Å². The Morgan fingerprint density at radius 2 is 1.84 bits per heavy atom. The lowest BCUT2D eigenvalue weighted by molar-refractivity contribution is 0.0887. The zero-order chi connectivity index (χ0) is 13.0. The molecule has 0 aliphatic carbocycles. The fourth-order valence-corrected chi connectivity index (χ4v) is 2.19. The first-order chi connectivity index (χ1) is 8.63. The topological polar surface area (TPSA) is 50.4 Å². The van der Waals surface area contributed by atoms with Gasteiger partial charge in [-0.3, -0.25) is 4.79 Å². The van der Waals surface area contributed by atoms with E-state index in [0.29, 0.717) is 5.56 Å². The van der Waals surface area contributed by atoms with E-state index < -0.39 is 0 Å². The van der Waals surface area contributed by atoms with Gasteiger partial charge in [0.15, 0.2) is 0 Å². The van der Waals surface area contributed by atoms with Crippen LogP contribution in [-0.2, 0) is 0 Å². The molecule has 1 heterocycles. The van der Waals surface area contributed by atoms with Crippen LogP contribution in [0.1, 0.15) is 30.1 Å². The van der Waals surface area contributed by atoms with Crippen molar-refractivity contribution in [1.82, 2.24) is 10.6 Å². The van der Waals surface area contributed by atoms with Gasteiger partial charge in [-0.15, -0.1) is 12.4 Å². The van der Waals surface area contributed by atoms with Crippen LogP contribution < -0.4 is 15.4 Å². The van der Waals surface area contributed by atoms with E-state index in [4.69, 9.17) is 4.74 Å². The third-order valence-corrected chi connectivity index (χ3v) is 3.47. The van der Waals surface area contributed by atoms with Crippen LogP contribution in [0.25, 0.3) is 0 Å². The van der Waals surface area contributed by atoms with Crippen LogP contribution in [0.5, 0.6) is 5.75 Å². The Hall–Kier alpha value is -1.26. The second-order valence-corrected chi connectivity index (χ2v) is 4.99. The van der Waals surface area contributed by atoms with Crippen molar-refractivity contribution >= 4 is 18.3 Å². The standard InChI is InChI=1S/C14H20N2O2.ClH/c1-14(7-9-15-10-8-14)16-13(17)11-3-5-12(18-2)6-4-11;/h3-6,15H,7-10H2,1-2H3,(H,16,17);1H. The molecule has 0 unspecified atom stereocenters. The van der Waals surface area contributed by atoms with Crippen LogP contribution in [0, 0.1) is 0 Å². The zero-order valence-electron chi connectivity index (χ0n) is 11.4. The molecular formula is C14H21ClN2O2. The molecule has 1 saturated heterocycles. The number of halogens is 1. The lowest BCUT2D eigenvalue weighted by Crippen LogP contribution is -2.52. The monoisotopic (exact) mass is 284 g/mol. The fraction of sp³-hybridized carbons (Fsp3) is 0.500. The van der Waals surface area contributed by atoms with E-state index in [1.54, 1.807) is 31.4 Å². The van der Waals surface area contributed by atoms with Crippen molar-refractivity contribution in [3.8, 4) is 5.75 Å². The summed E-state index contributed by atoms with van der Waals surface area (Å²) in [4.78, 5) is 12.1. The molecule has 0 aromatic heterocycles. The van der Waals surface area contributed by atoms with Crippen LogP contribution >= 0.6 is 12.4 Å². The van der Waals surface area contributed by atoms with E-state index in [0.717, 1.165) is 31.7 Å². The Kier molecular flexibility index (Phi) is 5.63. The number of rotatable bonds is 3. The van der Waals surface area contributed by atoms with E-state index in [9.17, 15) is 4.79 Å². The van der Waals surface area contributed by atoms with Crippen molar-refractivity contribution in [3.05, 3.63) is 29.8 Å². The summed E-state index contributed by atoms with van der Waals surface area (Å²) >= 11 is 0. The number of carbonyl (C=O) groups is 1. The van der Waals surface area contributed by atoms with Crippen molar-refractivity contribution in [3.63, 3.8) is 0 Å². The molecule has 0 bridgehead atoms. The smallest absolute Gasteiger partial charge is 0.251 e. The molecule has 1 fully saturated rings. The third-order valence-electron chi connectivity index (χ3n) is 3.47. The van der Waals surface area contributed by atoms with Crippen molar-refractivity contribution < 1.29 is 9.53 Å². The summed E-state index contributed by atoms with van der Waals surface area (Å²) in [5.74, 6) is 0.752. The second kappa shape index (κ2) is 6.78. The Morgan fingerprint density at radius 3 is 2.37 bits per heavy atom. The molecule has 1 aromatic carbocycles. The Morgan fingerprint density at radius 1 is 1.26 bits per heavy atom. The zero-order valence-corrected chi connectivity index (χ0v) is 12.2. The van der Waals surface area contributed by atoms with Crippen LogP contribution in [-0.4, -0.2) is 31.6 Å². The molecule has 4 nitrogen and oxygen atoms in total. The summed E-state index contributed by atoms with van der Waals surface area (Å²) in [6.45, 7) is 4.02. The highest BCUT2D eigenvalue weighted by Crippen LogP contribution is 2.18. The van der Waals surface area contributed by atoms with Gasteiger partial charge in [0.1, 0.15) is 5.75 Å². The van der Waals surface area contributed by atoms with E-state index in [1.807, 2.05) is 0 Å². The minimum Gasteiger partial charge on any atom is -0.497 e. The Bertz CT molecular complexity index is 414. The molecule has 1 aromatic rings. The van der Waals surface area contributed by atoms with Gasteiger partial charge >= 0.3 is 0 Å². The minimum atomic E-state index is -0.0950. The van der Waals surface area contributed by atoms with Crippen LogP contribution in [0.2, 0.25) is 0 Å². The van der Waals surface area contributed by atoms with Gasteiger partial charge in [-0.25, -0.2) is 0 Å². The third kappa shape index (κ3) is 4.11. The quantitative estimate of drug-likeness (QED) is 0.892. The lowest BCUT2D eigenvalue weighted by atomic mass is 9.90. The Balaban J connectivity index is 0.00000180. The average molecular weight is 285 g/mol. The molecule has 1 amide bonds. The second-order valence-electron chi connectivity index (χ2n) is 4.99. The van der Waals surface area contributed by atoms with Crippen LogP contribution in [0.15, 0.2) is 24.3 Å². The number of piperidine rings is 1. The van der Waals surface area contributed by atoms with Gasteiger partial charge in [0.2, 0.25) is 0 Å². The number of carbonyl (C=O) groups excluding carboxylic acids is 1. The molecule has 0 radical (unpaired) electrons. The number of methoxy groups -OCH3 is 1. The molecule has 5 heteroatoms. The number of nitrogens with one attached hydrogen (secondary N) is 2. The Labute approximate surface area is 120 Å². The molecular weight excluding hydrogens is 264 g/mol. The first-order valence-electron chi connectivity index (χ1n) is 6.30. The molecule has 2 rings (SSSR count). The lowest BCUT2D eigenvalue weighted by Gasteiger charge is -2.35. The SMILES string of the molecule is COc1ccc(C(=O)NC2(C)CCNCC2)cc1.Cl. The van der Waals surface area contributed by atoms with E-state index in [1.165, 1.54) is 0 Å². The van der Waals surface area contributed by atoms with Crippen molar-refractivity contribution in [2.24, 2.45) is 0 Å². The van der Waals surface area contributed by atoms with E-state index in [2.05, 4.69) is 17.6 Å². The number of hydrogen-bond donors (Lipinski definition) is 2. The summed E-state index contributed by atoms with van der Waals surface area (Å²) in [6, 6.07) is 7.19. The molecule has 0 saturated carbocycles. The first kappa shape index (κ1) is 15.8. The summed E-state index contributed by atoms with van der Waals surface area (Å²) in [5, 5.41) is 6.43. The summed E-state index contributed by atoms with van der Waals surface area (Å²) in [5.41, 5.74) is 0.581. The normalized spacial score (nSPS) is 17.2. The van der Waals surface area contributed by atoms with Gasteiger partial charge in [-0.1, -0.05) is 0 Å². The average Bonchev–Trinajstić information content (AvgIpc) is 2.39. The van der Waals surface area contributed by atoms with Gasteiger partial charge in [-0.2, -0.15) is 0 Å². The highest BCUT2D eigenvalue weighted by atomic mass is 35.5. The summed E-state index contributed by atoms with van der Waals surface area (Å²) < 4.78 is 5.08. The van der Waals surface area contributed by atoms with E-state index >= 15 is 0 Å². The van der Waals surface area contributed by atoms with Crippen molar-refractivity contribution in [2.45, 2.75) is 25.3 Å². The molecule has 0 spiro atoms. The van der Waals surface area contributed by atoms with E-state index in [-0.39, 0.29) is 23.9 Å². The number of ether oxygens (including phenoxy) is 1. The number of hydrogen-bond acceptors (Lipinski definition) is 3. The maximum Gasteiger partial charge on any atom is 0.251 e. The van der Waals surface area contributed by atoms with Gasteiger partial charge in [0, 0.05) is 11.1 Å². The highest BCUT2D eigenvalue weighted by Gasteiger charge is 2.28. The molecule has 1 aliphatic rings. The maximum absolute atomic E-state index is 12.1. The number of benzene rings is 1. The highest BCUT2D eigenvalue weighted by molar-refractivity contribution is 5.94. The predicted molar refractivity (Wildman–Crippen MR) is 78.2 cm³/mol. The molecule has 2 N–H and O–H groups in total. The molecule has 19 heavy (non-hydrogen) atoms. The predicted octanol–water partition coefficient (Wildman–Crippen LogP) is 1.99. The van der Waals surface area contributed by atoms with Crippen molar-refractivity contribution in [1.29, 1.82) is 0 Å². The number of amides is 1. The molecule has 1 aliphatic heterocycles. The summed E-state index contributed by atoms with van der Waals surface area (Å²) in [6.07, 6.45) is 1.93. The molecule has 0 atom stereocenters. The van der Waals surface area contributed by atoms with Gasteiger partial charge in [0.05, 0.1) is 7.11 Å². The van der Waals surface area contributed by atoms with Crippen molar-refractivity contribution in [2.75, 3.05) is 20.2 Å². The fourth-order valence-electron chi connectivity index (χ4n) is 2.19. The van der Waals surface area contributed by atoms with Crippen LogP contribution in [0.4, 0.5) is 0 Å². The molecule has 106 valence electrons. The van der Waals surface area contributed by atoms with Gasteiger partial charge in [0.25, 0.3) is 5.91 Å². The largest absolute Gasteiger partial charge is 0.497 e. The summed E-state index contributed by atoms with van der Waals surface area (Å²) in [7, 11) is 1.62. The first-order valence-corrected chi connectivity index (χ1v) is 6.30. The minimum absolute atomic E-state index is 0. The van der Waals surface area contributed by atoms with Gasteiger partial charge in [-0.05, 0) is 57.1 Å².